The predicted octanol–water partition coefficient (Wildman–Crippen LogP) is 1.38. The molecule has 0 saturated heterocycles. The van der Waals surface area contributed by atoms with E-state index in [1.54, 1.807) is 6.07 Å². The van der Waals surface area contributed by atoms with Crippen LogP contribution in [0.3, 0.4) is 0 Å². The standard InChI is InChI=1S/C9H12ClN7/c1-5(2)9-12-6(10)3-7(13-9)11-4-8-14-16-17-15-8/h3,5H,4H2,1-2H3,(H,11,12,13)(H,14,15,16,17). The lowest BCUT2D eigenvalue weighted by Gasteiger charge is -2.08. The third kappa shape index (κ3) is 3.10. The van der Waals surface area contributed by atoms with Crippen LogP contribution in [0.25, 0.3) is 0 Å². The molecule has 0 radical (unpaired) electrons. The molecule has 0 spiro atoms. The maximum atomic E-state index is 5.91. The first-order valence-corrected chi connectivity index (χ1v) is 5.53. The first kappa shape index (κ1) is 11.7. The van der Waals surface area contributed by atoms with Crippen LogP contribution < -0.4 is 5.32 Å². The van der Waals surface area contributed by atoms with E-state index in [-0.39, 0.29) is 5.92 Å². The first-order valence-electron chi connectivity index (χ1n) is 5.16. The number of halogens is 1. The molecule has 17 heavy (non-hydrogen) atoms. The number of hydrogen-bond donors (Lipinski definition) is 2. The Bertz CT molecular complexity index is 482. The molecule has 0 aliphatic rings. The highest BCUT2D eigenvalue weighted by Crippen LogP contribution is 2.17. The second kappa shape index (κ2) is 5.05. The summed E-state index contributed by atoms with van der Waals surface area (Å²) in [6.07, 6.45) is 0. The van der Waals surface area contributed by atoms with Crippen molar-refractivity contribution < 1.29 is 0 Å². The van der Waals surface area contributed by atoms with Gasteiger partial charge in [0.1, 0.15) is 16.8 Å². The fourth-order valence-corrected chi connectivity index (χ4v) is 1.40. The predicted molar refractivity (Wildman–Crippen MR) is 62.6 cm³/mol. The van der Waals surface area contributed by atoms with Crippen LogP contribution in [0.5, 0.6) is 0 Å². The molecule has 0 bridgehead atoms. The quantitative estimate of drug-likeness (QED) is 0.800. The second-order valence-electron chi connectivity index (χ2n) is 3.77. The van der Waals surface area contributed by atoms with Crippen molar-refractivity contribution in [2.24, 2.45) is 0 Å². The van der Waals surface area contributed by atoms with Crippen LogP contribution in [-0.4, -0.2) is 30.6 Å². The van der Waals surface area contributed by atoms with Crippen molar-refractivity contribution in [2.45, 2.75) is 26.3 Å². The highest BCUT2D eigenvalue weighted by molar-refractivity contribution is 6.29. The average Bonchev–Trinajstić information content (AvgIpc) is 2.78. The Balaban J connectivity index is 2.10. The van der Waals surface area contributed by atoms with E-state index in [1.807, 2.05) is 13.8 Å². The summed E-state index contributed by atoms with van der Waals surface area (Å²) < 4.78 is 0. The fraction of sp³-hybridized carbons (Fsp3) is 0.444. The Kier molecular flexibility index (Phi) is 3.48. The van der Waals surface area contributed by atoms with Gasteiger partial charge in [0.05, 0.1) is 6.54 Å². The molecule has 0 aromatic carbocycles. The number of tetrazole rings is 1. The molecule has 0 atom stereocenters. The molecule has 7 nitrogen and oxygen atoms in total. The molecule has 0 aliphatic heterocycles. The number of nitrogens with zero attached hydrogens (tertiary/aromatic N) is 5. The SMILES string of the molecule is CC(C)c1nc(Cl)cc(NCc2nn[nH]n2)n1. The molecule has 0 fully saturated rings. The van der Waals surface area contributed by atoms with Crippen molar-refractivity contribution in [1.82, 2.24) is 30.6 Å². The van der Waals surface area contributed by atoms with Crippen molar-refractivity contribution in [3.63, 3.8) is 0 Å². The Morgan fingerprint density at radius 1 is 1.41 bits per heavy atom. The van der Waals surface area contributed by atoms with Crippen LogP contribution >= 0.6 is 11.6 Å². The Hall–Kier alpha value is -1.76. The smallest absolute Gasteiger partial charge is 0.193 e. The van der Waals surface area contributed by atoms with Crippen molar-refractivity contribution in [1.29, 1.82) is 0 Å². The normalized spacial score (nSPS) is 10.8. The minimum atomic E-state index is 0.222. The molecule has 0 aliphatic carbocycles. The van der Waals surface area contributed by atoms with E-state index in [9.17, 15) is 0 Å². The van der Waals surface area contributed by atoms with Crippen molar-refractivity contribution in [3.8, 4) is 0 Å². The highest BCUT2D eigenvalue weighted by atomic mass is 35.5. The van der Waals surface area contributed by atoms with Crippen LogP contribution in [-0.2, 0) is 6.54 Å². The topological polar surface area (TPSA) is 92.3 Å². The Labute approximate surface area is 103 Å². The third-order valence-electron chi connectivity index (χ3n) is 2.05. The molecule has 90 valence electrons. The van der Waals surface area contributed by atoms with Gasteiger partial charge in [0.15, 0.2) is 5.82 Å². The molecule has 0 saturated carbocycles. The number of aromatic nitrogens is 6. The highest BCUT2D eigenvalue weighted by Gasteiger charge is 2.07. The minimum Gasteiger partial charge on any atom is -0.362 e. The van der Waals surface area contributed by atoms with Gasteiger partial charge in [-0.25, -0.2) is 9.97 Å². The largest absolute Gasteiger partial charge is 0.362 e. The molecule has 2 N–H and O–H groups in total. The van der Waals surface area contributed by atoms with E-state index >= 15 is 0 Å². The summed E-state index contributed by atoms with van der Waals surface area (Å²) in [5.74, 6) is 2.14. The molecule has 2 rings (SSSR count). The molecular weight excluding hydrogens is 242 g/mol. The van der Waals surface area contributed by atoms with Gasteiger partial charge >= 0.3 is 0 Å². The van der Waals surface area contributed by atoms with Gasteiger partial charge < -0.3 is 5.32 Å². The van der Waals surface area contributed by atoms with Gasteiger partial charge in [-0.3, -0.25) is 0 Å². The zero-order valence-electron chi connectivity index (χ0n) is 9.48. The van der Waals surface area contributed by atoms with E-state index in [1.165, 1.54) is 0 Å². The summed E-state index contributed by atoms with van der Waals surface area (Å²) in [5, 5.41) is 17.0. The van der Waals surface area contributed by atoms with Gasteiger partial charge in [-0.15, -0.1) is 10.2 Å². The number of hydrogen-bond acceptors (Lipinski definition) is 6. The maximum Gasteiger partial charge on any atom is 0.193 e. The summed E-state index contributed by atoms with van der Waals surface area (Å²) in [4.78, 5) is 8.48. The lowest BCUT2D eigenvalue weighted by molar-refractivity contribution is 0.773. The lowest BCUT2D eigenvalue weighted by Crippen LogP contribution is -2.06. The van der Waals surface area contributed by atoms with Gasteiger partial charge in [0.25, 0.3) is 0 Å². The molecular formula is C9H12ClN7. The zero-order chi connectivity index (χ0) is 12.3. The fourth-order valence-electron chi connectivity index (χ4n) is 1.21. The molecule has 0 unspecified atom stereocenters. The first-order chi connectivity index (χ1) is 8.15. The van der Waals surface area contributed by atoms with E-state index in [0.717, 1.165) is 0 Å². The maximum absolute atomic E-state index is 5.91. The molecule has 8 heteroatoms. The van der Waals surface area contributed by atoms with Crippen molar-refractivity contribution in [2.75, 3.05) is 5.32 Å². The van der Waals surface area contributed by atoms with Crippen LogP contribution in [0.15, 0.2) is 6.07 Å². The molecule has 2 aromatic heterocycles. The van der Waals surface area contributed by atoms with E-state index in [4.69, 9.17) is 11.6 Å². The van der Waals surface area contributed by atoms with Crippen LogP contribution in [0.1, 0.15) is 31.4 Å². The zero-order valence-corrected chi connectivity index (χ0v) is 10.2. The van der Waals surface area contributed by atoms with Crippen LogP contribution in [0.4, 0.5) is 5.82 Å². The van der Waals surface area contributed by atoms with E-state index in [0.29, 0.717) is 29.2 Å². The van der Waals surface area contributed by atoms with Gasteiger partial charge in [-0.05, 0) is 0 Å². The van der Waals surface area contributed by atoms with Gasteiger partial charge in [-0.1, -0.05) is 30.7 Å². The minimum absolute atomic E-state index is 0.222. The second-order valence-corrected chi connectivity index (χ2v) is 4.16. The van der Waals surface area contributed by atoms with E-state index in [2.05, 4.69) is 35.9 Å². The van der Waals surface area contributed by atoms with Crippen molar-refractivity contribution in [3.05, 3.63) is 22.9 Å². The Morgan fingerprint density at radius 3 is 2.88 bits per heavy atom. The summed E-state index contributed by atoms with van der Waals surface area (Å²) in [6, 6.07) is 1.66. The van der Waals surface area contributed by atoms with Gasteiger partial charge in [-0.2, -0.15) is 5.21 Å². The van der Waals surface area contributed by atoms with E-state index < -0.39 is 0 Å². The number of anilines is 1. The van der Waals surface area contributed by atoms with Gasteiger partial charge in [0.2, 0.25) is 0 Å². The van der Waals surface area contributed by atoms with Crippen LogP contribution in [0.2, 0.25) is 5.15 Å². The summed E-state index contributed by atoms with van der Waals surface area (Å²) in [6.45, 7) is 4.45. The number of rotatable bonds is 4. The molecule has 2 heterocycles. The van der Waals surface area contributed by atoms with Crippen molar-refractivity contribution >= 4 is 17.4 Å². The summed E-state index contributed by atoms with van der Waals surface area (Å²) in [7, 11) is 0. The summed E-state index contributed by atoms with van der Waals surface area (Å²) >= 11 is 5.91. The average molecular weight is 254 g/mol. The Morgan fingerprint density at radius 2 is 2.24 bits per heavy atom. The lowest BCUT2D eigenvalue weighted by atomic mass is 10.2. The number of nitrogens with one attached hydrogen (secondary N) is 2. The third-order valence-corrected chi connectivity index (χ3v) is 2.24. The van der Waals surface area contributed by atoms with Gasteiger partial charge in [0, 0.05) is 12.0 Å². The molecule has 0 amide bonds. The number of H-pyrrole nitrogens is 1. The summed E-state index contributed by atoms with van der Waals surface area (Å²) in [5.41, 5.74) is 0. The molecule has 2 aromatic rings. The monoisotopic (exact) mass is 253 g/mol. The number of aromatic amines is 1. The van der Waals surface area contributed by atoms with Crippen LogP contribution in [0, 0.1) is 0 Å².